The highest BCUT2D eigenvalue weighted by molar-refractivity contribution is 7.92. The number of nitrogens with two attached hydrogens (primary N) is 1. The van der Waals surface area contributed by atoms with Crippen molar-refractivity contribution < 1.29 is 17.9 Å². The van der Waals surface area contributed by atoms with Crippen molar-refractivity contribution in [3.63, 3.8) is 0 Å². The number of sulfonamides is 1. The van der Waals surface area contributed by atoms with Crippen LogP contribution in [0.5, 0.6) is 5.75 Å². The zero-order valence-electron chi connectivity index (χ0n) is 12.3. The molecule has 1 rings (SSSR count). The van der Waals surface area contributed by atoms with Crippen molar-refractivity contribution in [2.45, 2.75) is 20.0 Å². The van der Waals surface area contributed by atoms with Gasteiger partial charge in [-0.25, -0.2) is 8.42 Å². The molecule has 118 valence electrons. The van der Waals surface area contributed by atoms with Crippen LogP contribution >= 0.6 is 0 Å². The molecule has 0 amide bonds. The minimum atomic E-state index is -3.63. The summed E-state index contributed by atoms with van der Waals surface area (Å²) >= 11 is 0. The summed E-state index contributed by atoms with van der Waals surface area (Å²) in [5, 5.41) is 7.51. The van der Waals surface area contributed by atoms with Gasteiger partial charge in [0.05, 0.1) is 25.6 Å². The van der Waals surface area contributed by atoms with Crippen LogP contribution in [0, 0.1) is 5.41 Å². The molecule has 0 atom stereocenters. The van der Waals surface area contributed by atoms with Crippen LogP contribution in [0.15, 0.2) is 18.2 Å². The molecule has 0 aromatic heterocycles. The third-order valence-corrected chi connectivity index (χ3v) is 3.82. The first-order valence-electron chi connectivity index (χ1n) is 6.40. The highest BCUT2D eigenvalue weighted by Gasteiger charge is 2.18. The first kappa shape index (κ1) is 17.3. The highest BCUT2D eigenvalue weighted by Crippen LogP contribution is 2.29. The second-order valence-electron chi connectivity index (χ2n) is 4.64. The fourth-order valence-electron chi connectivity index (χ4n) is 1.63. The third-order valence-electron chi connectivity index (χ3n) is 2.60. The SMILES string of the molecule is COc1cccc(C(=N)N)c1NS(=O)(=O)CCOC(C)C. The molecular weight excluding hydrogens is 294 g/mol. The molecular formula is C13H21N3O4S. The number of para-hydroxylation sites is 1. The van der Waals surface area contributed by atoms with Gasteiger partial charge in [0.15, 0.2) is 0 Å². The lowest BCUT2D eigenvalue weighted by molar-refractivity contribution is 0.0913. The smallest absolute Gasteiger partial charge is 0.235 e. The lowest BCUT2D eigenvalue weighted by atomic mass is 10.1. The highest BCUT2D eigenvalue weighted by atomic mass is 32.2. The summed E-state index contributed by atoms with van der Waals surface area (Å²) in [5.41, 5.74) is 5.90. The average molecular weight is 315 g/mol. The summed E-state index contributed by atoms with van der Waals surface area (Å²) in [4.78, 5) is 0. The zero-order chi connectivity index (χ0) is 16.0. The lowest BCUT2D eigenvalue weighted by Crippen LogP contribution is -2.24. The Bertz CT molecular complexity index is 599. The number of nitrogen functional groups attached to an aromatic ring is 1. The number of ether oxygens (including phenoxy) is 2. The summed E-state index contributed by atoms with van der Waals surface area (Å²) < 4.78 is 36.9. The van der Waals surface area contributed by atoms with E-state index in [1.165, 1.54) is 7.11 Å². The van der Waals surface area contributed by atoms with Crippen LogP contribution in [-0.2, 0) is 14.8 Å². The van der Waals surface area contributed by atoms with E-state index in [1.807, 2.05) is 13.8 Å². The lowest BCUT2D eigenvalue weighted by Gasteiger charge is -2.15. The molecule has 0 aliphatic heterocycles. The molecule has 0 saturated heterocycles. The topological polar surface area (TPSA) is 114 Å². The van der Waals surface area contributed by atoms with Gasteiger partial charge in [-0.1, -0.05) is 6.07 Å². The number of methoxy groups -OCH3 is 1. The molecule has 21 heavy (non-hydrogen) atoms. The van der Waals surface area contributed by atoms with Crippen molar-refractivity contribution >= 4 is 21.5 Å². The number of amidine groups is 1. The Hall–Kier alpha value is -1.80. The van der Waals surface area contributed by atoms with Gasteiger partial charge >= 0.3 is 0 Å². The molecule has 8 heteroatoms. The molecule has 0 spiro atoms. The third kappa shape index (κ3) is 5.24. The second kappa shape index (κ2) is 7.28. The van der Waals surface area contributed by atoms with E-state index in [4.69, 9.17) is 20.6 Å². The maximum atomic E-state index is 12.1. The number of nitrogens with one attached hydrogen (secondary N) is 2. The Morgan fingerprint density at radius 1 is 1.43 bits per heavy atom. The first-order valence-corrected chi connectivity index (χ1v) is 8.05. The van der Waals surface area contributed by atoms with E-state index in [9.17, 15) is 8.42 Å². The van der Waals surface area contributed by atoms with Gasteiger partial charge in [-0.15, -0.1) is 0 Å². The maximum Gasteiger partial charge on any atom is 0.235 e. The van der Waals surface area contributed by atoms with E-state index < -0.39 is 10.0 Å². The molecule has 0 unspecified atom stereocenters. The van der Waals surface area contributed by atoms with Gasteiger partial charge in [0.25, 0.3) is 0 Å². The first-order chi connectivity index (χ1) is 9.76. The van der Waals surface area contributed by atoms with Crippen molar-refractivity contribution in [1.82, 2.24) is 0 Å². The van der Waals surface area contributed by atoms with Crippen LogP contribution < -0.4 is 15.2 Å². The minimum Gasteiger partial charge on any atom is -0.495 e. The Kier molecular flexibility index (Phi) is 5.98. The number of rotatable bonds is 8. The zero-order valence-corrected chi connectivity index (χ0v) is 13.2. The molecule has 0 aliphatic rings. The Morgan fingerprint density at radius 3 is 2.62 bits per heavy atom. The molecule has 0 bridgehead atoms. The number of hydrogen-bond donors (Lipinski definition) is 3. The van der Waals surface area contributed by atoms with Gasteiger partial charge in [0.2, 0.25) is 10.0 Å². The molecule has 0 radical (unpaired) electrons. The molecule has 0 aliphatic carbocycles. The molecule has 0 heterocycles. The largest absolute Gasteiger partial charge is 0.495 e. The molecule has 4 N–H and O–H groups in total. The maximum absolute atomic E-state index is 12.1. The molecule has 7 nitrogen and oxygen atoms in total. The van der Waals surface area contributed by atoms with Gasteiger partial charge in [-0.3, -0.25) is 10.1 Å². The van der Waals surface area contributed by atoms with Crippen LogP contribution in [0.3, 0.4) is 0 Å². The molecule has 0 fully saturated rings. The van der Waals surface area contributed by atoms with E-state index in [2.05, 4.69) is 4.72 Å². The van der Waals surface area contributed by atoms with Gasteiger partial charge < -0.3 is 15.2 Å². The fourth-order valence-corrected chi connectivity index (χ4v) is 2.57. The summed E-state index contributed by atoms with van der Waals surface area (Å²) in [7, 11) is -2.21. The molecule has 1 aromatic carbocycles. The molecule has 1 aromatic rings. The second-order valence-corrected chi connectivity index (χ2v) is 6.48. The van der Waals surface area contributed by atoms with E-state index in [0.717, 1.165) is 0 Å². The monoisotopic (exact) mass is 315 g/mol. The Morgan fingerprint density at radius 2 is 2.10 bits per heavy atom. The Balaban J connectivity index is 2.98. The number of anilines is 1. The van der Waals surface area contributed by atoms with Crippen LogP contribution in [-0.4, -0.2) is 39.8 Å². The number of hydrogen-bond acceptors (Lipinski definition) is 5. The van der Waals surface area contributed by atoms with Gasteiger partial charge in [0.1, 0.15) is 17.3 Å². The van der Waals surface area contributed by atoms with Crippen LogP contribution in [0.1, 0.15) is 19.4 Å². The van der Waals surface area contributed by atoms with Gasteiger partial charge in [-0.05, 0) is 26.0 Å². The predicted molar refractivity (Wildman–Crippen MR) is 82.5 cm³/mol. The number of benzene rings is 1. The summed E-state index contributed by atoms with van der Waals surface area (Å²) in [6.45, 7) is 3.74. The predicted octanol–water partition coefficient (Wildman–Crippen LogP) is 1.15. The van der Waals surface area contributed by atoms with Crippen molar-refractivity contribution in [3.8, 4) is 5.75 Å². The van der Waals surface area contributed by atoms with E-state index in [-0.39, 0.29) is 35.6 Å². The standard InChI is InChI=1S/C13H21N3O4S/c1-9(2)20-7-8-21(17,18)16-12-10(13(14)15)5-4-6-11(12)19-3/h4-6,9,16H,7-8H2,1-3H3,(H3,14,15). The van der Waals surface area contributed by atoms with E-state index >= 15 is 0 Å². The van der Waals surface area contributed by atoms with Crippen molar-refractivity contribution in [2.75, 3.05) is 24.2 Å². The summed E-state index contributed by atoms with van der Waals surface area (Å²) in [5.74, 6) is -0.137. The van der Waals surface area contributed by atoms with E-state index in [1.54, 1.807) is 18.2 Å². The van der Waals surface area contributed by atoms with Gasteiger partial charge in [0, 0.05) is 5.56 Å². The average Bonchev–Trinajstić information content (AvgIpc) is 2.37. The fraction of sp³-hybridized carbons (Fsp3) is 0.462. The summed E-state index contributed by atoms with van der Waals surface area (Å²) in [6, 6.07) is 4.78. The molecule has 0 saturated carbocycles. The quantitative estimate of drug-likeness (QED) is 0.492. The van der Waals surface area contributed by atoms with Crippen molar-refractivity contribution in [1.29, 1.82) is 5.41 Å². The van der Waals surface area contributed by atoms with Crippen LogP contribution in [0.25, 0.3) is 0 Å². The minimum absolute atomic E-state index is 0.0424. The van der Waals surface area contributed by atoms with Crippen molar-refractivity contribution in [3.05, 3.63) is 23.8 Å². The van der Waals surface area contributed by atoms with Gasteiger partial charge in [-0.2, -0.15) is 0 Å². The Labute approximate surface area is 125 Å². The van der Waals surface area contributed by atoms with E-state index in [0.29, 0.717) is 5.75 Å². The summed E-state index contributed by atoms with van der Waals surface area (Å²) in [6.07, 6.45) is -0.0424. The van der Waals surface area contributed by atoms with Crippen molar-refractivity contribution in [2.24, 2.45) is 5.73 Å². The van der Waals surface area contributed by atoms with Crippen LogP contribution in [0.2, 0.25) is 0 Å². The normalized spacial score (nSPS) is 11.4. The van der Waals surface area contributed by atoms with Crippen LogP contribution in [0.4, 0.5) is 5.69 Å².